The third kappa shape index (κ3) is 24.9. The molecule has 0 aliphatic carbocycles. The molecule has 2 aromatic carbocycles. The third-order valence-corrected chi connectivity index (χ3v) is 11.5. The Morgan fingerprint density at radius 2 is 1.00 bits per heavy atom. The largest absolute Gasteiger partial charge is 0.481 e. The Labute approximate surface area is 341 Å². The minimum atomic E-state index is -1.29. The van der Waals surface area contributed by atoms with Gasteiger partial charge in [-0.3, -0.25) is 9.59 Å². The number of aliphatic carboxylic acids is 1. The smallest absolute Gasteiger partial charge is 0.408 e. The third-order valence-electron chi connectivity index (χ3n) is 7.52. The van der Waals surface area contributed by atoms with Crippen LogP contribution in [0.15, 0.2) is 48.5 Å². The van der Waals surface area contributed by atoms with Gasteiger partial charge in [0.15, 0.2) is 0 Å². The molecule has 2 rings (SSSR count). The van der Waals surface area contributed by atoms with E-state index in [9.17, 15) is 24.3 Å². The fraction of sp³-hybridized carbons (Fsp3) is 0.600. The number of aliphatic hydroxyl groups excluding tert-OH is 1. The van der Waals surface area contributed by atoms with Gasteiger partial charge < -0.3 is 35.1 Å². The summed E-state index contributed by atoms with van der Waals surface area (Å²) in [5.74, 6) is -2.73. The number of ether oxygens (including phenoxy) is 3. The molecule has 0 unspecified atom stereocenters. The molecule has 0 fully saturated rings. The van der Waals surface area contributed by atoms with E-state index in [1.165, 1.54) is 6.92 Å². The fourth-order valence-corrected chi connectivity index (χ4v) is 6.04. The van der Waals surface area contributed by atoms with Gasteiger partial charge in [0.05, 0.1) is 30.5 Å². The zero-order chi connectivity index (χ0) is 42.9. The molecule has 0 saturated carbocycles. The van der Waals surface area contributed by atoms with Crippen molar-refractivity contribution in [3.63, 3.8) is 0 Å². The van der Waals surface area contributed by atoms with E-state index in [0.29, 0.717) is 28.8 Å². The maximum absolute atomic E-state index is 12.6. The van der Waals surface area contributed by atoms with Crippen LogP contribution in [0.2, 0.25) is 61.4 Å². The van der Waals surface area contributed by atoms with Gasteiger partial charge in [-0.1, -0.05) is 86.7 Å². The van der Waals surface area contributed by atoms with Crippen LogP contribution in [0.5, 0.6) is 0 Å². The lowest BCUT2D eigenvalue weighted by Gasteiger charge is -2.27. The number of nitrogens with one attached hydrogen (secondary N) is 2. The highest BCUT2D eigenvalue weighted by molar-refractivity contribution is 6.76. The first-order valence-corrected chi connectivity index (χ1v) is 26.6. The quantitative estimate of drug-likeness (QED) is 0.0874. The van der Waals surface area contributed by atoms with Crippen LogP contribution in [-0.2, 0) is 23.8 Å². The molecule has 0 saturated heterocycles. The molecule has 0 spiro atoms. The number of esters is 1. The molecule has 0 radical (unpaired) electrons. The number of hydrogen-bond acceptors (Lipinski definition) is 8. The number of aliphatic hydroxyl groups is 1. The Balaban J connectivity index is 0.000000922. The molecule has 0 aromatic heterocycles. The molecule has 0 heterocycles. The number of alkyl carbamates (subject to hydrolysis) is 2. The molecule has 2 amide bonds. The molecular weight excluding hydrogens is 780 g/mol. The highest BCUT2D eigenvalue weighted by Crippen LogP contribution is 2.27. The zero-order valence-electron chi connectivity index (χ0n) is 35.3. The molecule has 15 heteroatoms. The van der Waals surface area contributed by atoms with E-state index in [1.807, 2.05) is 0 Å². The van der Waals surface area contributed by atoms with Crippen molar-refractivity contribution < 1.29 is 43.6 Å². The number of carbonyl (C=O) groups excluding carboxylic acids is 3. The van der Waals surface area contributed by atoms with Crippen LogP contribution in [0.25, 0.3) is 0 Å². The highest BCUT2D eigenvalue weighted by atomic mass is 35.5. The van der Waals surface area contributed by atoms with E-state index in [0.717, 1.165) is 17.7 Å². The molecule has 0 aliphatic rings. The number of carbonyl (C=O) groups is 4. The van der Waals surface area contributed by atoms with Crippen LogP contribution >= 0.6 is 23.2 Å². The lowest BCUT2D eigenvalue weighted by Crippen LogP contribution is -2.39. The molecule has 55 heavy (non-hydrogen) atoms. The topological polar surface area (TPSA) is 160 Å². The van der Waals surface area contributed by atoms with Crippen molar-refractivity contribution >= 4 is 63.5 Å². The van der Waals surface area contributed by atoms with Gasteiger partial charge in [0.25, 0.3) is 0 Å². The summed E-state index contributed by atoms with van der Waals surface area (Å²) in [5.41, 5.74) is 0.136. The lowest BCUT2D eigenvalue weighted by atomic mass is 9.94. The van der Waals surface area contributed by atoms with E-state index >= 15 is 0 Å². The number of carboxylic acids is 1. The van der Waals surface area contributed by atoms with Crippen LogP contribution in [0.3, 0.4) is 0 Å². The van der Waals surface area contributed by atoms with Crippen molar-refractivity contribution in [2.45, 2.75) is 130 Å². The second-order valence-corrected chi connectivity index (χ2v) is 29.9. The van der Waals surface area contributed by atoms with Gasteiger partial charge in [-0.05, 0) is 103 Å². The van der Waals surface area contributed by atoms with E-state index in [2.05, 4.69) is 49.9 Å². The van der Waals surface area contributed by atoms with Crippen LogP contribution in [0.4, 0.5) is 9.59 Å². The van der Waals surface area contributed by atoms with Crippen LogP contribution in [-0.4, -0.2) is 74.9 Å². The molecule has 11 nitrogen and oxygen atoms in total. The van der Waals surface area contributed by atoms with E-state index in [1.54, 1.807) is 97.0 Å². The number of rotatable bonds is 13. The maximum Gasteiger partial charge on any atom is 0.408 e. The standard InChI is InChI=1S/C20H32ClNO4Si.C15H20ClNO4.C5H14OSi/c1-14(18(23)25-12-13-27(5,6)7)17(15-8-10-16(21)11-9-15)22-19(24)26-20(2,3)4;1-9(13(18)19)12(10-5-7-11(16)8-6-10)17-14(20)21-15(2,3)4;1-7(2,3)5-4-6/h8-11,14,17H,12-13H2,1-7H3,(H,22,24);5-9,12H,1-4H3,(H,17,20)(H,18,19);6H,4-5H2,1-3H3/t14-,17-;9-,12-;/m00./s1. The zero-order valence-corrected chi connectivity index (χ0v) is 38.8. The SMILES string of the molecule is C[C@H](C(=O)O)[C@H](NC(=O)OC(C)(C)C)c1ccc(Cl)cc1.C[C@H](C(=O)OCC[Si](C)(C)C)[C@H](NC(=O)OC(C)(C)C)c1ccc(Cl)cc1.C[Si](C)(C)CCO. The summed E-state index contributed by atoms with van der Waals surface area (Å²) in [4.78, 5) is 47.9. The summed E-state index contributed by atoms with van der Waals surface area (Å²) < 4.78 is 16.0. The van der Waals surface area contributed by atoms with Gasteiger partial charge in [-0.15, -0.1) is 0 Å². The minimum Gasteiger partial charge on any atom is -0.481 e. The predicted octanol–water partition coefficient (Wildman–Crippen LogP) is 10.4. The van der Waals surface area contributed by atoms with E-state index < -0.39 is 69.4 Å². The van der Waals surface area contributed by atoms with Crippen molar-refractivity contribution in [1.29, 1.82) is 0 Å². The molecule has 0 aliphatic heterocycles. The molecule has 4 N–H and O–H groups in total. The van der Waals surface area contributed by atoms with Gasteiger partial charge in [0, 0.05) is 32.8 Å². The molecule has 2 aromatic rings. The summed E-state index contributed by atoms with van der Waals surface area (Å²) in [6.45, 7) is 28.1. The highest BCUT2D eigenvalue weighted by Gasteiger charge is 2.31. The minimum absolute atomic E-state index is 0.343. The Bertz CT molecular complexity index is 1480. The van der Waals surface area contributed by atoms with Crippen molar-refractivity contribution in [1.82, 2.24) is 10.6 Å². The number of carboxylic acid groups (broad SMARTS) is 1. The molecule has 4 atom stereocenters. The van der Waals surface area contributed by atoms with Crippen LogP contribution in [0, 0.1) is 11.8 Å². The van der Waals surface area contributed by atoms with Crippen LogP contribution < -0.4 is 10.6 Å². The Kier molecular flexibility index (Phi) is 21.9. The number of benzene rings is 2. The van der Waals surface area contributed by atoms with Gasteiger partial charge in [-0.25, -0.2) is 9.59 Å². The van der Waals surface area contributed by atoms with Crippen molar-refractivity contribution in [3.05, 3.63) is 69.7 Å². The summed E-state index contributed by atoms with van der Waals surface area (Å²) in [6, 6.07) is 14.4. The predicted molar refractivity (Wildman–Crippen MR) is 227 cm³/mol. The monoisotopic (exact) mass is 844 g/mol. The Morgan fingerprint density at radius 1 is 0.655 bits per heavy atom. The lowest BCUT2D eigenvalue weighted by molar-refractivity contribution is -0.148. The van der Waals surface area contributed by atoms with Gasteiger partial charge >= 0.3 is 24.1 Å². The molecule has 312 valence electrons. The normalized spacial score (nSPS) is 13.9. The van der Waals surface area contributed by atoms with E-state index in [4.69, 9.17) is 42.5 Å². The van der Waals surface area contributed by atoms with Crippen molar-refractivity contribution in [2.24, 2.45) is 11.8 Å². The van der Waals surface area contributed by atoms with Gasteiger partial charge in [0.2, 0.25) is 0 Å². The molecular formula is C40H66Cl2N2O9Si2. The van der Waals surface area contributed by atoms with Crippen molar-refractivity contribution in [3.8, 4) is 0 Å². The average molecular weight is 846 g/mol. The van der Waals surface area contributed by atoms with Gasteiger partial charge in [-0.2, -0.15) is 0 Å². The first-order chi connectivity index (χ1) is 24.9. The first kappa shape index (κ1) is 51.9. The summed E-state index contributed by atoms with van der Waals surface area (Å²) >= 11 is 11.8. The second-order valence-electron chi connectivity index (χ2n) is 17.8. The Morgan fingerprint density at radius 3 is 1.27 bits per heavy atom. The second kappa shape index (κ2) is 23.2. The van der Waals surface area contributed by atoms with Crippen molar-refractivity contribution in [2.75, 3.05) is 13.2 Å². The number of halogens is 2. The molecule has 0 bridgehead atoms. The number of amides is 2. The van der Waals surface area contributed by atoms with Gasteiger partial charge in [0.1, 0.15) is 11.2 Å². The summed E-state index contributed by atoms with van der Waals surface area (Å²) in [5, 5.41) is 24.2. The van der Waals surface area contributed by atoms with Crippen LogP contribution in [0.1, 0.15) is 78.6 Å². The summed E-state index contributed by atoms with van der Waals surface area (Å²) in [7, 11) is -2.20. The fourth-order valence-electron chi connectivity index (χ4n) is 4.41. The number of hydrogen-bond donors (Lipinski definition) is 4. The summed E-state index contributed by atoms with van der Waals surface area (Å²) in [6.07, 6.45) is -1.24. The average Bonchev–Trinajstić information content (AvgIpc) is 3.00. The first-order valence-electron chi connectivity index (χ1n) is 18.4. The van der Waals surface area contributed by atoms with E-state index in [-0.39, 0.29) is 5.97 Å². The Hall–Kier alpha value is -3.11. The maximum atomic E-state index is 12.6.